The number of nitro groups is 1. The van der Waals surface area contributed by atoms with E-state index in [-0.39, 0.29) is 11.4 Å². The number of carbonyl (C=O) groups is 1. The molecule has 0 aliphatic carbocycles. The van der Waals surface area contributed by atoms with E-state index in [1.54, 1.807) is 6.92 Å². The molecule has 0 radical (unpaired) electrons. The van der Waals surface area contributed by atoms with Gasteiger partial charge in [0.05, 0.1) is 16.8 Å². The maximum Gasteiger partial charge on any atom is 0.358 e. The lowest BCUT2D eigenvalue weighted by Gasteiger charge is -2.03. The van der Waals surface area contributed by atoms with E-state index in [0.717, 1.165) is 0 Å². The molecule has 2 aromatic rings. The number of hydrogen-bond donors (Lipinski definition) is 1. The van der Waals surface area contributed by atoms with Crippen LogP contribution in [0.15, 0.2) is 24.4 Å². The molecule has 8 nitrogen and oxygen atoms in total. The number of nitrogens with zero attached hydrogens (tertiary/aromatic N) is 4. The fourth-order valence-electron chi connectivity index (χ4n) is 1.49. The fourth-order valence-corrected chi connectivity index (χ4v) is 1.49. The van der Waals surface area contributed by atoms with Crippen molar-refractivity contribution in [2.45, 2.75) is 6.92 Å². The summed E-state index contributed by atoms with van der Waals surface area (Å²) in [5.74, 6) is -1.18. The summed E-state index contributed by atoms with van der Waals surface area (Å²) < 4.78 is 1.27. The monoisotopic (exact) mass is 248 g/mol. The first kappa shape index (κ1) is 11.7. The quantitative estimate of drug-likeness (QED) is 0.644. The predicted molar refractivity (Wildman–Crippen MR) is 59.7 cm³/mol. The van der Waals surface area contributed by atoms with Gasteiger partial charge in [0.25, 0.3) is 5.69 Å². The molecule has 1 N–H and O–H groups in total. The van der Waals surface area contributed by atoms with Crippen molar-refractivity contribution in [2.24, 2.45) is 0 Å². The summed E-state index contributed by atoms with van der Waals surface area (Å²) in [6.07, 6.45) is 1.25. The standard InChI is InChI=1S/C10H8N4O4/c1-6-4-7(14(17)18)2-3-9(6)13-5-8(10(15)16)11-12-13/h2-5H,1H3,(H,15,16). The van der Waals surface area contributed by atoms with Crippen LogP contribution in [0.1, 0.15) is 16.1 Å². The normalized spacial score (nSPS) is 10.3. The average molecular weight is 248 g/mol. The Bertz CT molecular complexity index is 635. The van der Waals surface area contributed by atoms with Gasteiger partial charge < -0.3 is 5.11 Å². The van der Waals surface area contributed by atoms with E-state index >= 15 is 0 Å². The highest BCUT2D eigenvalue weighted by Gasteiger charge is 2.13. The predicted octanol–water partition coefficient (Wildman–Crippen LogP) is 1.18. The minimum atomic E-state index is -1.18. The Balaban J connectivity index is 2.44. The summed E-state index contributed by atoms with van der Waals surface area (Å²) in [7, 11) is 0. The lowest BCUT2D eigenvalue weighted by molar-refractivity contribution is -0.384. The Hall–Kier alpha value is -2.77. The summed E-state index contributed by atoms with van der Waals surface area (Å²) >= 11 is 0. The first-order valence-corrected chi connectivity index (χ1v) is 4.90. The zero-order chi connectivity index (χ0) is 13.3. The Morgan fingerprint density at radius 3 is 2.72 bits per heavy atom. The molecule has 0 bridgehead atoms. The van der Waals surface area contributed by atoms with Crippen LogP contribution in [0.4, 0.5) is 5.69 Å². The topological polar surface area (TPSA) is 111 Å². The van der Waals surface area contributed by atoms with Gasteiger partial charge in [0.1, 0.15) is 0 Å². The third-order valence-electron chi connectivity index (χ3n) is 2.35. The fraction of sp³-hybridized carbons (Fsp3) is 0.100. The summed E-state index contributed by atoms with van der Waals surface area (Å²) in [5.41, 5.74) is 0.925. The van der Waals surface area contributed by atoms with E-state index in [1.807, 2.05) is 0 Å². The second-order valence-corrected chi connectivity index (χ2v) is 3.58. The maximum atomic E-state index is 10.7. The van der Waals surface area contributed by atoms with E-state index < -0.39 is 10.9 Å². The number of aromatic carboxylic acids is 1. The van der Waals surface area contributed by atoms with Crippen LogP contribution in [0.5, 0.6) is 0 Å². The van der Waals surface area contributed by atoms with Gasteiger partial charge in [-0.25, -0.2) is 9.48 Å². The minimum absolute atomic E-state index is 0.0326. The van der Waals surface area contributed by atoms with Crippen molar-refractivity contribution in [2.75, 3.05) is 0 Å². The first-order valence-electron chi connectivity index (χ1n) is 4.90. The SMILES string of the molecule is Cc1cc([N+](=O)[O-])ccc1-n1cc(C(=O)O)nn1. The third kappa shape index (κ3) is 2.03. The van der Waals surface area contributed by atoms with Crippen molar-refractivity contribution in [3.63, 3.8) is 0 Å². The van der Waals surface area contributed by atoms with Gasteiger partial charge in [-0.2, -0.15) is 0 Å². The van der Waals surface area contributed by atoms with Crippen molar-refractivity contribution >= 4 is 11.7 Å². The van der Waals surface area contributed by atoms with Gasteiger partial charge >= 0.3 is 5.97 Å². The van der Waals surface area contributed by atoms with Crippen LogP contribution in [0.25, 0.3) is 5.69 Å². The first-order chi connectivity index (χ1) is 8.49. The van der Waals surface area contributed by atoms with Gasteiger partial charge in [-0.15, -0.1) is 5.10 Å². The van der Waals surface area contributed by atoms with Gasteiger partial charge in [0, 0.05) is 12.1 Å². The van der Waals surface area contributed by atoms with E-state index in [4.69, 9.17) is 5.11 Å². The second-order valence-electron chi connectivity index (χ2n) is 3.58. The summed E-state index contributed by atoms with van der Waals surface area (Å²) in [6, 6.07) is 4.20. The lowest BCUT2D eigenvalue weighted by Crippen LogP contribution is -1.99. The lowest BCUT2D eigenvalue weighted by atomic mass is 10.2. The van der Waals surface area contributed by atoms with Crippen LogP contribution in [0.3, 0.4) is 0 Å². The molecule has 92 valence electrons. The molecule has 0 fully saturated rings. The number of carboxylic acids is 1. The van der Waals surface area contributed by atoms with E-state index in [0.29, 0.717) is 11.3 Å². The van der Waals surface area contributed by atoms with Gasteiger partial charge in [0.15, 0.2) is 5.69 Å². The molecular weight excluding hydrogens is 240 g/mol. The molecule has 0 aliphatic rings. The van der Waals surface area contributed by atoms with Gasteiger partial charge in [-0.3, -0.25) is 10.1 Å². The molecule has 0 aliphatic heterocycles. The Morgan fingerprint density at radius 1 is 1.50 bits per heavy atom. The molecule has 1 aromatic heterocycles. The molecule has 18 heavy (non-hydrogen) atoms. The molecule has 1 heterocycles. The number of nitro benzene ring substituents is 1. The summed E-state index contributed by atoms with van der Waals surface area (Å²) in [6.45, 7) is 1.67. The number of non-ortho nitro benzene ring substituents is 1. The van der Waals surface area contributed by atoms with Gasteiger partial charge in [-0.1, -0.05) is 5.21 Å². The highest BCUT2D eigenvalue weighted by molar-refractivity contribution is 5.84. The van der Waals surface area contributed by atoms with Crippen LogP contribution < -0.4 is 0 Å². The van der Waals surface area contributed by atoms with Crippen LogP contribution in [0.2, 0.25) is 0 Å². The van der Waals surface area contributed by atoms with Crippen molar-refractivity contribution in [1.29, 1.82) is 0 Å². The smallest absolute Gasteiger partial charge is 0.358 e. The summed E-state index contributed by atoms with van der Waals surface area (Å²) in [5, 5.41) is 26.4. The zero-order valence-corrected chi connectivity index (χ0v) is 9.27. The molecule has 0 amide bonds. The number of carboxylic acid groups (broad SMARTS) is 1. The number of aromatic nitrogens is 3. The van der Waals surface area contributed by atoms with E-state index in [2.05, 4.69) is 10.3 Å². The Morgan fingerprint density at radius 2 is 2.22 bits per heavy atom. The maximum absolute atomic E-state index is 10.7. The molecule has 0 saturated heterocycles. The molecule has 0 unspecified atom stereocenters. The second kappa shape index (κ2) is 4.24. The van der Waals surface area contributed by atoms with Crippen molar-refractivity contribution in [3.05, 3.63) is 45.8 Å². The third-order valence-corrected chi connectivity index (χ3v) is 2.35. The largest absolute Gasteiger partial charge is 0.476 e. The molecule has 0 atom stereocenters. The number of aryl methyl sites for hydroxylation is 1. The Labute approximate surface area is 101 Å². The number of rotatable bonds is 3. The highest BCUT2D eigenvalue weighted by Crippen LogP contribution is 2.19. The van der Waals surface area contributed by atoms with E-state index in [1.165, 1.54) is 29.1 Å². The molecule has 1 aromatic carbocycles. The van der Waals surface area contributed by atoms with Crippen LogP contribution in [0, 0.1) is 17.0 Å². The number of benzene rings is 1. The van der Waals surface area contributed by atoms with Crippen molar-refractivity contribution < 1.29 is 14.8 Å². The van der Waals surface area contributed by atoms with Crippen molar-refractivity contribution in [3.8, 4) is 5.69 Å². The molecule has 0 spiro atoms. The van der Waals surface area contributed by atoms with Crippen LogP contribution in [-0.2, 0) is 0 Å². The van der Waals surface area contributed by atoms with Gasteiger partial charge in [-0.05, 0) is 18.6 Å². The van der Waals surface area contributed by atoms with Crippen LogP contribution >= 0.6 is 0 Å². The molecule has 8 heteroatoms. The minimum Gasteiger partial charge on any atom is -0.476 e. The van der Waals surface area contributed by atoms with Crippen molar-refractivity contribution in [1.82, 2.24) is 15.0 Å². The summed E-state index contributed by atoms with van der Waals surface area (Å²) in [4.78, 5) is 20.8. The van der Waals surface area contributed by atoms with E-state index in [9.17, 15) is 14.9 Å². The zero-order valence-electron chi connectivity index (χ0n) is 9.27. The average Bonchev–Trinajstić information content (AvgIpc) is 2.78. The van der Waals surface area contributed by atoms with Crippen LogP contribution in [-0.4, -0.2) is 31.0 Å². The molecular formula is C10H8N4O4. The molecule has 0 saturated carbocycles. The Kier molecular flexibility index (Phi) is 2.76. The number of hydrogen-bond acceptors (Lipinski definition) is 5. The molecule has 2 rings (SSSR count). The van der Waals surface area contributed by atoms with Gasteiger partial charge in [0.2, 0.25) is 0 Å². The highest BCUT2D eigenvalue weighted by atomic mass is 16.6.